The first-order valence-electron chi connectivity index (χ1n) is 5.52. The lowest BCUT2D eigenvalue weighted by Gasteiger charge is -2.16. The van der Waals surface area contributed by atoms with Crippen molar-refractivity contribution >= 4 is 17.6 Å². The summed E-state index contributed by atoms with van der Waals surface area (Å²) in [5.41, 5.74) is 5.44. The molecule has 0 radical (unpaired) electrons. The maximum absolute atomic E-state index is 5.80. The summed E-state index contributed by atoms with van der Waals surface area (Å²) < 4.78 is 10.8. The van der Waals surface area contributed by atoms with Crippen molar-refractivity contribution in [3.8, 4) is 5.75 Å². The molecule has 1 aromatic rings. The molecule has 0 saturated heterocycles. The summed E-state index contributed by atoms with van der Waals surface area (Å²) in [6.07, 6.45) is 0.836. The van der Waals surface area contributed by atoms with Gasteiger partial charge in [-0.3, -0.25) is 0 Å². The zero-order valence-corrected chi connectivity index (χ0v) is 10.4. The fraction of sp³-hybridized carbons (Fsp3) is 0.417. The first-order chi connectivity index (χ1) is 8.13. The molecule has 1 heterocycles. The fourth-order valence-electron chi connectivity index (χ4n) is 1.73. The number of amidine groups is 1. The lowest BCUT2D eigenvalue weighted by Crippen LogP contribution is -2.20. The van der Waals surface area contributed by atoms with Crippen LogP contribution in [0, 0.1) is 0 Å². The summed E-state index contributed by atoms with van der Waals surface area (Å²) in [5, 5.41) is 0.701. The number of aliphatic imine (C=N–C) groups is 1. The van der Waals surface area contributed by atoms with Crippen LogP contribution in [0.25, 0.3) is 0 Å². The molecule has 0 aromatic heterocycles. The van der Waals surface area contributed by atoms with Gasteiger partial charge in [0.2, 0.25) is 0 Å². The molecule has 5 heteroatoms. The van der Waals surface area contributed by atoms with Crippen LogP contribution in [0.3, 0.4) is 0 Å². The van der Waals surface area contributed by atoms with Crippen molar-refractivity contribution in [2.45, 2.75) is 25.5 Å². The molecule has 0 fully saturated rings. The summed E-state index contributed by atoms with van der Waals surface area (Å²) in [5.74, 6) is 0.803. The van der Waals surface area contributed by atoms with Crippen molar-refractivity contribution in [1.82, 2.24) is 0 Å². The van der Waals surface area contributed by atoms with Crippen molar-refractivity contribution in [2.75, 3.05) is 6.61 Å². The van der Waals surface area contributed by atoms with E-state index < -0.39 is 0 Å². The number of hydrogen-bond acceptors (Lipinski definition) is 4. The predicted molar refractivity (Wildman–Crippen MR) is 67.5 cm³/mol. The molecule has 0 aliphatic carbocycles. The Kier molecular flexibility index (Phi) is 3.74. The molecule has 0 amide bonds. The topological polar surface area (TPSA) is 56.8 Å². The number of nitrogens with two attached hydrogens (primary N) is 1. The molecule has 2 atom stereocenters. The van der Waals surface area contributed by atoms with Crippen molar-refractivity contribution in [3.63, 3.8) is 0 Å². The van der Waals surface area contributed by atoms with E-state index in [9.17, 15) is 0 Å². The van der Waals surface area contributed by atoms with E-state index in [-0.39, 0.29) is 18.2 Å². The van der Waals surface area contributed by atoms with Gasteiger partial charge in [-0.15, -0.1) is 0 Å². The summed E-state index contributed by atoms with van der Waals surface area (Å²) in [4.78, 5) is 4.16. The zero-order valence-electron chi connectivity index (χ0n) is 9.60. The van der Waals surface area contributed by atoms with Gasteiger partial charge < -0.3 is 15.2 Å². The average molecular weight is 255 g/mol. The highest BCUT2D eigenvalue weighted by atomic mass is 35.5. The Balaban J connectivity index is 1.85. The number of halogens is 1. The largest absolute Gasteiger partial charge is 0.491 e. The minimum absolute atomic E-state index is 0.0550. The molecule has 2 rings (SSSR count). The normalized spacial score (nSPS) is 20.6. The van der Waals surface area contributed by atoms with Gasteiger partial charge in [-0.2, -0.15) is 0 Å². The van der Waals surface area contributed by atoms with Crippen molar-refractivity contribution in [3.05, 3.63) is 29.3 Å². The van der Waals surface area contributed by atoms with E-state index >= 15 is 0 Å². The van der Waals surface area contributed by atoms with Crippen LogP contribution in [-0.2, 0) is 4.74 Å². The van der Waals surface area contributed by atoms with Crippen LogP contribution in [0.5, 0.6) is 5.75 Å². The summed E-state index contributed by atoms with van der Waals surface area (Å²) in [6, 6.07) is 7.67. The van der Waals surface area contributed by atoms with Crippen LogP contribution < -0.4 is 10.5 Å². The molecule has 0 saturated carbocycles. The van der Waals surface area contributed by atoms with Crippen LogP contribution in [0.4, 0.5) is 0 Å². The van der Waals surface area contributed by atoms with E-state index in [1.54, 1.807) is 12.1 Å². The summed E-state index contributed by atoms with van der Waals surface area (Å²) in [7, 11) is 0. The van der Waals surface area contributed by atoms with Gasteiger partial charge in [0.15, 0.2) is 0 Å². The average Bonchev–Trinajstić information content (AvgIpc) is 2.67. The van der Waals surface area contributed by atoms with E-state index in [0.29, 0.717) is 11.6 Å². The Bertz CT molecular complexity index is 405. The van der Waals surface area contributed by atoms with E-state index in [0.717, 1.165) is 12.2 Å². The molecule has 1 aromatic carbocycles. The van der Waals surface area contributed by atoms with Gasteiger partial charge in [-0.1, -0.05) is 11.6 Å². The Morgan fingerprint density at radius 3 is 2.82 bits per heavy atom. The lowest BCUT2D eigenvalue weighted by molar-refractivity contribution is 0.189. The Morgan fingerprint density at radius 2 is 2.24 bits per heavy atom. The van der Waals surface area contributed by atoms with Crippen LogP contribution in [0.2, 0.25) is 5.02 Å². The minimum atomic E-state index is 0.0550. The van der Waals surface area contributed by atoms with Gasteiger partial charge >= 0.3 is 0 Å². The lowest BCUT2D eigenvalue weighted by atomic mass is 10.1. The third-order valence-electron chi connectivity index (χ3n) is 2.49. The van der Waals surface area contributed by atoms with E-state index in [1.165, 1.54) is 0 Å². The number of ether oxygens (including phenoxy) is 2. The molecular formula is C12H15ClN2O2. The third kappa shape index (κ3) is 3.53. The molecule has 1 aliphatic rings. The number of benzene rings is 1. The van der Waals surface area contributed by atoms with Gasteiger partial charge in [0.25, 0.3) is 6.02 Å². The first-order valence-corrected chi connectivity index (χ1v) is 5.89. The molecular weight excluding hydrogens is 240 g/mol. The molecule has 0 bridgehead atoms. The van der Waals surface area contributed by atoms with Crippen LogP contribution in [-0.4, -0.2) is 24.8 Å². The first kappa shape index (κ1) is 12.0. The number of rotatable bonds is 4. The van der Waals surface area contributed by atoms with Gasteiger partial charge in [-0.25, -0.2) is 4.99 Å². The standard InChI is InChI=1S/C12H15ClN2O2/c1-8(6-10-7-16-12(14)15-10)17-11-4-2-9(13)3-5-11/h2-5,8,10H,6-7H2,1H3,(H2,14,15)/t8-,10+/m0/s1. The molecule has 0 unspecified atom stereocenters. The van der Waals surface area contributed by atoms with Crippen LogP contribution >= 0.6 is 11.6 Å². The van der Waals surface area contributed by atoms with Crippen molar-refractivity contribution in [1.29, 1.82) is 0 Å². The van der Waals surface area contributed by atoms with Gasteiger partial charge in [-0.05, 0) is 31.2 Å². The van der Waals surface area contributed by atoms with Gasteiger partial charge in [0, 0.05) is 11.4 Å². The fourth-order valence-corrected chi connectivity index (χ4v) is 1.86. The zero-order chi connectivity index (χ0) is 12.3. The van der Waals surface area contributed by atoms with Crippen molar-refractivity contribution < 1.29 is 9.47 Å². The summed E-state index contributed by atoms with van der Waals surface area (Å²) >= 11 is 5.80. The second-order valence-corrected chi connectivity index (χ2v) is 4.49. The monoisotopic (exact) mass is 254 g/mol. The molecule has 1 aliphatic heterocycles. The second-order valence-electron chi connectivity index (χ2n) is 4.05. The Labute approximate surface area is 105 Å². The Hall–Kier alpha value is -1.42. The highest BCUT2D eigenvalue weighted by Gasteiger charge is 2.20. The maximum atomic E-state index is 5.80. The highest BCUT2D eigenvalue weighted by molar-refractivity contribution is 6.30. The van der Waals surface area contributed by atoms with Crippen LogP contribution in [0.15, 0.2) is 29.3 Å². The predicted octanol–water partition coefficient (Wildman–Crippen LogP) is 2.21. The van der Waals surface area contributed by atoms with Gasteiger partial charge in [0.05, 0.1) is 12.1 Å². The SMILES string of the molecule is C[C@@H](C[C@@H]1COC(N)=N1)Oc1ccc(Cl)cc1. The quantitative estimate of drug-likeness (QED) is 0.896. The Morgan fingerprint density at radius 1 is 1.53 bits per heavy atom. The van der Waals surface area contributed by atoms with Crippen molar-refractivity contribution in [2.24, 2.45) is 10.7 Å². The number of hydrogen-bond donors (Lipinski definition) is 1. The second kappa shape index (κ2) is 5.27. The van der Waals surface area contributed by atoms with E-state index in [2.05, 4.69) is 4.99 Å². The summed E-state index contributed by atoms with van der Waals surface area (Å²) in [6.45, 7) is 2.54. The van der Waals surface area contributed by atoms with Crippen LogP contribution in [0.1, 0.15) is 13.3 Å². The molecule has 4 nitrogen and oxygen atoms in total. The smallest absolute Gasteiger partial charge is 0.282 e. The molecule has 92 valence electrons. The van der Waals surface area contributed by atoms with Gasteiger partial charge in [0.1, 0.15) is 12.4 Å². The van der Waals surface area contributed by atoms with E-state index in [1.807, 2.05) is 19.1 Å². The highest BCUT2D eigenvalue weighted by Crippen LogP contribution is 2.19. The maximum Gasteiger partial charge on any atom is 0.282 e. The van der Waals surface area contributed by atoms with E-state index in [4.69, 9.17) is 26.8 Å². The molecule has 0 spiro atoms. The number of nitrogens with zero attached hydrogens (tertiary/aromatic N) is 1. The molecule has 2 N–H and O–H groups in total. The molecule has 17 heavy (non-hydrogen) atoms. The minimum Gasteiger partial charge on any atom is -0.491 e. The third-order valence-corrected chi connectivity index (χ3v) is 2.74.